The molecular weight excluding hydrogens is 353 g/mol. The Morgan fingerprint density at radius 3 is 2.26 bits per heavy atom. The molecule has 3 aromatic carbocycles. The van der Waals surface area contributed by atoms with Crippen molar-refractivity contribution in [3.63, 3.8) is 0 Å². The Kier molecular flexibility index (Phi) is 5.16. The van der Waals surface area contributed by atoms with E-state index >= 15 is 0 Å². The van der Waals surface area contributed by atoms with Crippen LogP contribution in [0.3, 0.4) is 0 Å². The molecule has 1 amide bonds. The number of anilines is 3. The maximum absolute atomic E-state index is 12.9. The van der Waals surface area contributed by atoms with Gasteiger partial charge in [-0.25, -0.2) is 0 Å². The predicted octanol–water partition coefficient (Wildman–Crippen LogP) is 6.01. The molecule has 0 spiro atoms. The molecular formula is C21H17F3N2O. The first-order valence-electron chi connectivity index (χ1n) is 8.24. The number of amides is 1. The molecule has 0 saturated heterocycles. The Morgan fingerprint density at radius 1 is 0.852 bits per heavy atom. The summed E-state index contributed by atoms with van der Waals surface area (Å²) >= 11 is 0. The highest BCUT2D eigenvalue weighted by Crippen LogP contribution is 2.32. The van der Waals surface area contributed by atoms with Crippen LogP contribution in [-0.4, -0.2) is 5.91 Å². The van der Waals surface area contributed by atoms with E-state index in [4.69, 9.17) is 0 Å². The molecule has 6 heteroatoms. The molecule has 0 aliphatic heterocycles. The number of hydrogen-bond acceptors (Lipinski definition) is 2. The molecule has 3 rings (SSSR count). The Morgan fingerprint density at radius 2 is 1.56 bits per heavy atom. The van der Waals surface area contributed by atoms with E-state index in [9.17, 15) is 18.0 Å². The lowest BCUT2D eigenvalue weighted by atomic mass is 10.1. The molecule has 0 radical (unpaired) electrons. The van der Waals surface area contributed by atoms with Crippen LogP contribution in [0.25, 0.3) is 0 Å². The van der Waals surface area contributed by atoms with Gasteiger partial charge < -0.3 is 10.6 Å². The molecule has 3 aromatic rings. The maximum Gasteiger partial charge on any atom is 0.416 e. The molecule has 0 fully saturated rings. The van der Waals surface area contributed by atoms with Crippen LogP contribution in [0.4, 0.5) is 30.2 Å². The second-order valence-electron chi connectivity index (χ2n) is 6.07. The lowest BCUT2D eigenvalue weighted by Crippen LogP contribution is -2.14. The molecule has 0 aromatic heterocycles. The minimum atomic E-state index is -4.43. The van der Waals surface area contributed by atoms with E-state index in [1.165, 1.54) is 12.1 Å². The van der Waals surface area contributed by atoms with Crippen molar-refractivity contribution in [3.8, 4) is 0 Å². The van der Waals surface area contributed by atoms with Gasteiger partial charge in [0.2, 0.25) is 0 Å². The number of nitrogens with one attached hydrogen (secondary N) is 2. The smallest absolute Gasteiger partial charge is 0.355 e. The van der Waals surface area contributed by atoms with E-state index in [-0.39, 0.29) is 11.6 Å². The van der Waals surface area contributed by atoms with Gasteiger partial charge in [0.15, 0.2) is 0 Å². The third-order valence-electron chi connectivity index (χ3n) is 3.95. The van der Waals surface area contributed by atoms with Gasteiger partial charge in [0.05, 0.1) is 16.8 Å². The fraction of sp³-hybridized carbons (Fsp3) is 0.0952. The van der Waals surface area contributed by atoms with Gasteiger partial charge in [-0.05, 0) is 49.4 Å². The van der Waals surface area contributed by atoms with E-state index in [1.54, 1.807) is 36.4 Å². The van der Waals surface area contributed by atoms with Crippen LogP contribution in [0.5, 0.6) is 0 Å². The number of alkyl halides is 3. The van der Waals surface area contributed by atoms with Gasteiger partial charge in [-0.3, -0.25) is 4.79 Å². The normalized spacial score (nSPS) is 11.1. The number of para-hydroxylation sites is 1. The molecule has 0 bridgehead atoms. The fourth-order valence-electron chi connectivity index (χ4n) is 2.55. The van der Waals surface area contributed by atoms with Gasteiger partial charge in [-0.1, -0.05) is 35.9 Å². The highest BCUT2D eigenvalue weighted by Gasteiger charge is 2.30. The van der Waals surface area contributed by atoms with Crippen molar-refractivity contribution in [3.05, 3.63) is 89.5 Å². The summed E-state index contributed by atoms with van der Waals surface area (Å²) in [6.07, 6.45) is -4.43. The monoisotopic (exact) mass is 370 g/mol. The Labute approximate surface area is 154 Å². The quantitative estimate of drug-likeness (QED) is 0.590. The Balaban J connectivity index is 1.84. The highest BCUT2D eigenvalue weighted by molar-refractivity contribution is 6.08. The van der Waals surface area contributed by atoms with Gasteiger partial charge in [0, 0.05) is 11.4 Å². The van der Waals surface area contributed by atoms with Crippen molar-refractivity contribution in [1.82, 2.24) is 0 Å². The fourth-order valence-corrected chi connectivity index (χ4v) is 2.55. The number of carbonyl (C=O) groups is 1. The van der Waals surface area contributed by atoms with Crippen molar-refractivity contribution >= 4 is 23.0 Å². The third kappa shape index (κ3) is 4.67. The maximum atomic E-state index is 12.9. The molecule has 0 aliphatic rings. The minimum Gasteiger partial charge on any atom is -0.355 e. The molecule has 0 atom stereocenters. The van der Waals surface area contributed by atoms with Crippen molar-refractivity contribution in [2.45, 2.75) is 13.1 Å². The molecule has 0 aliphatic carbocycles. The van der Waals surface area contributed by atoms with Crippen LogP contribution in [0, 0.1) is 6.92 Å². The van der Waals surface area contributed by atoms with E-state index in [1.807, 2.05) is 19.1 Å². The first-order valence-corrected chi connectivity index (χ1v) is 8.24. The van der Waals surface area contributed by atoms with Crippen molar-refractivity contribution in [1.29, 1.82) is 0 Å². The lowest BCUT2D eigenvalue weighted by molar-refractivity contribution is -0.137. The summed E-state index contributed by atoms with van der Waals surface area (Å²) in [5.74, 6) is -0.353. The molecule has 138 valence electrons. The van der Waals surface area contributed by atoms with Gasteiger partial charge in [0.25, 0.3) is 5.91 Å². The molecule has 3 nitrogen and oxygen atoms in total. The molecule has 0 saturated carbocycles. The first kappa shape index (κ1) is 18.5. The number of carbonyl (C=O) groups excluding carboxylic acids is 1. The predicted molar refractivity (Wildman–Crippen MR) is 100 cm³/mol. The summed E-state index contributed by atoms with van der Waals surface area (Å²) in [6.45, 7) is 1.94. The van der Waals surface area contributed by atoms with Crippen LogP contribution >= 0.6 is 0 Å². The van der Waals surface area contributed by atoms with Crippen LogP contribution in [-0.2, 0) is 6.18 Å². The van der Waals surface area contributed by atoms with Crippen molar-refractivity contribution in [2.24, 2.45) is 0 Å². The number of hydrogen-bond donors (Lipinski definition) is 2. The molecule has 0 heterocycles. The van der Waals surface area contributed by atoms with Crippen LogP contribution in [0.1, 0.15) is 21.5 Å². The summed E-state index contributed by atoms with van der Waals surface area (Å²) in [5, 5.41) is 5.69. The molecule has 2 N–H and O–H groups in total. The van der Waals surface area contributed by atoms with Crippen LogP contribution in [0.2, 0.25) is 0 Å². The lowest BCUT2D eigenvalue weighted by Gasteiger charge is -2.14. The van der Waals surface area contributed by atoms with Crippen LogP contribution < -0.4 is 10.6 Å². The zero-order valence-electron chi connectivity index (χ0n) is 14.5. The Hall–Kier alpha value is -3.28. The summed E-state index contributed by atoms with van der Waals surface area (Å²) in [6, 6.07) is 18.8. The van der Waals surface area contributed by atoms with Crippen LogP contribution in [0.15, 0.2) is 72.8 Å². The molecule has 0 unspecified atom stereocenters. The number of halogens is 3. The SMILES string of the molecule is Cc1ccc(NC(=O)c2ccccc2Nc2cccc(C(F)(F)F)c2)cc1. The van der Waals surface area contributed by atoms with E-state index in [2.05, 4.69) is 10.6 Å². The summed E-state index contributed by atoms with van der Waals surface area (Å²) in [5.41, 5.74) is 1.95. The van der Waals surface area contributed by atoms with E-state index in [0.29, 0.717) is 16.9 Å². The summed E-state index contributed by atoms with van der Waals surface area (Å²) in [4.78, 5) is 12.6. The average Bonchev–Trinajstić information content (AvgIpc) is 2.63. The number of aryl methyl sites for hydroxylation is 1. The highest BCUT2D eigenvalue weighted by atomic mass is 19.4. The topological polar surface area (TPSA) is 41.1 Å². The Bertz CT molecular complexity index is 950. The first-order chi connectivity index (χ1) is 12.8. The average molecular weight is 370 g/mol. The zero-order chi connectivity index (χ0) is 19.4. The van der Waals surface area contributed by atoms with E-state index < -0.39 is 11.7 Å². The number of rotatable bonds is 4. The van der Waals surface area contributed by atoms with Gasteiger partial charge >= 0.3 is 6.18 Å². The van der Waals surface area contributed by atoms with Crippen molar-refractivity contribution < 1.29 is 18.0 Å². The van der Waals surface area contributed by atoms with E-state index in [0.717, 1.165) is 17.7 Å². The van der Waals surface area contributed by atoms with Crippen molar-refractivity contribution in [2.75, 3.05) is 10.6 Å². The zero-order valence-corrected chi connectivity index (χ0v) is 14.5. The second-order valence-corrected chi connectivity index (χ2v) is 6.07. The van der Waals surface area contributed by atoms with Gasteiger partial charge in [-0.2, -0.15) is 13.2 Å². The third-order valence-corrected chi connectivity index (χ3v) is 3.95. The summed E-state index contributed by atoms with van der Waals surface area (Å²) in [7, 11) is 0. The van der Waals surface area contributed by atoms with Gasteiger partial charge in [0.1, 0.15) is 0 Å². The molecule has 27 heavy (non-hydrogen) atoms. The standard InChI is InChI=1S/C21H17F3N2O/c1-14-9-11-16(12-10-14)26-20(27)18-7-2-3-8-19(18)25-17-6-4-5-15(13-17)21(22,23)24/h2-13,25H,1H3,(H,26,27). The number of benzene rings is 3. The second kappa shape index (κ2) is 7.53. The minimum absolute atomic E-state index is 0.250. The van der Waals surface area contributed by atoms with Gasteiger partial charge in [-0.15, -0.1) is 0 Å². The largest absolute Gasteiger partial charge is 0.416 e. The summed E-state index contributed by atoms with van der Waals surface area (Å²) < 4.78 is 38.7.